The normalized spacial score (nSPS) is 17.0. The molecule has 1 aromatic heterocycles. The maximum Gasteiger partial charge on any atom is 0.223 e. The van der Waals surface area contributed by atoms with E-state index in [0.717, 1.165) is 30.5 Å². The van der Waals surface area contributed by atoms with Gasteiger partial charge in [-0.05, 0) is 32.1 Å². The SMILES string of the molecule is CCCNc1cc(NC(C)C2CCC2)nc(N)n1. The Morgan fingerprint density at radius 2 is 2.11 bits per heavy atom. The summed E-state index contributed by atoms with van der Waals surface area (Å²) in [7, 11) is 0. The predicted octanol–water partition coefficient (Wildman–Crippen LogP) is 2.48. The Bertz CT molecular complexity index is 389. The molecule has 0 spiro atoms. The van der Waals surface area contributed by atoms with Gasteiger partial charge in [-0.2, -0.15) is 9.97 Å². The second kappa shape index (κ2) is 5.89. The summed E-state index contributed by atoms with van der Waals surface area (Å²) >= 11 is 0. The maximum absolute atomic E-state index is 5.73. The lowest BCUT2D eigenvalue weighted by Gasteiger charge is -2.32. The first-order valence-corrected chi connectivity index (χ1v) is 6.84. The highest BCUT2D eigenvalue weighted by Gasteiger charge is 2.24. The Morgan fingerprint density at radius 1 is 1.39 bits per heavy atom. The van der Waals surface area contributed by atoms with Gasteiger partial charge < -0.3 is 16.4 Å². The molecule has 1 aliphatic carbocycles. The number of hydrogen-bond donors (Lipinski definition) is 3. The molecule has 5 heteroatoms. The summed E-state index contributed by atoms with van der Waals surface area (Å²) in [6, 6.07) is 2.38. The van der Waals surface area contributed by atoms with Crippen LogP contribution in [0.2, 0.25) is 0 Å². The fourth-order valence-corrected chi connectivity index (χ4v) is 2.17. The van der Waals surface area contributed by atoms with Crippen molar-refractivity contribution in [2.45, 2.75) is 45.6 Å². The minimum atomic E-state index is 0.319. The van der Waals surface area contributed by atoms with Crippen molar-refractivity contribution in [2.75, 3.05) is 22.9 Å². The molecule has 0 radical (unpaired) electrons. The fraction of sp³-hybridized carbons (Fsp3) is 0.692. The molecule has 1 unspecified atom stereocenters. The van der Waals surface area contributed by atoms with Gasteiger partial charge in [-0.15, -0.1) is 0 Å². The highest BCUT2D eigenvalue weighted by molar-refractivity contribution is 5.51. The molecule has 0 aliphatic heterocycles. The lowest BCUT2D eigenvalue weighted by atomic mass is 9.80. The molecule has 2 rings (SSSR count). The minimum absolute atomic E-state index is 0.319. The van der Waals surface area contributed by atoms with Crippen LogP contribution < -0.4 is 16.4 Å². The molecule has 1 aromatic rings. The first kappa shape index (κ1) is 12.9. The summed E-state index contributed by atoms with van der Waals surface area (Å²) in [5, 5.41) is 6.67. The number of nitrogens with zero attached hydrogens (tertiary/aromatic N) is 2. The second-order valence-corrected chi connectivity index (χ2v) is 5.05. The van der Waals surface area contributed by atoms with Crippen molar-refractivity contribution >= 4 is 17.6 Å². The Kier molecular flexibility index (Phi) is 4.23. The lowest BCUT2D eigenvalue weighted by Crippen LogP contribution is -2.31. The van der Waals surface area contributed by atoms with E-state index in [1.165, 1.54) is 19.3 Å². The topological polar surface area (TPSA) is 75.9 Å². The molecular formula is C13H23N5. The van der Waals surface area contributed by atoms with E-state index in [0.29, 0.717) is 12.0 Å². The van der Waals surface area contributed by atoms with Crippen LogP contribution in [0.25, 0.3) is 0 Å². The summed E-state index contributed by atoms with van der Waals surface area (Å²) in [4.78, 5) is 8.41. The van der Waals surface area contributed by atoms with E-state index >= 15 is 0 Å². The van der Waals surface area contributed by atoms with Crippen LogP contribution in [-0.2, 0) is 0 Å². The molecule has 1 heterocycles. The lowest BCUT2D eigenvalue weighted by molar-refractivity contribution is 0.285. The van der Waals surface area contributed by atoms with Gasteiger partial charge in [0.2, 0.25) is 5.95 Å². The van der Waals surface area contributed by atoms with Gasteiger partial charge in [0, 0.05) is 18.7 Å². The maximum atomic E-state index is 5.73. The van der Waals surface area contributed by atoms with Crippen LogP contribution in [0, 0.1) is 5.92 Å². The van der Waals surface area contributed by atoms with E-state index in [9.17, 15) is 0 Å². The van der Waals surface area contributed by atoms with Gasteiger partial charge in [0.1, 0.15) is 11.6 Å². The number of nitrogens with two attached hydrogens (primary N) is 1. The molecule has 1 saturated carbocycles. The van der Waals surface area contributed by atoms with Crippen molar-refractivity contribution in [3.63, 3.8) is 0 Å². The van der Waals surface area contributed by atoms with Gasteiger partial charge in [-0.1, -0.05) is 13.3 Å². The van der Waals surface area contributed by atoms with Gasteiger partial charge in [-0.3, -0.25) is 0 Å². The van der Waals surface area contributed by atoms with Crippen LogP contribution in [0.3, 0.4) is 0 Å². The number of hydrogen-bond acceptors (Lipinski definition) is 5. The average Bonchev–Trinajstić information content (AvgIpc) is 2.22. The molecule has 1 fully saturated rings. The monoisotopic (exact) mass is 249 g/mol. The second-order valence-electron chi connectivity index (χ2n) is 5.05. The van der Waals surface area contributed by atoms with Crippen LogP contribution in [0.5, 0.6) is 0 Å². The van der Waals surface area contributed by atoms with Crippen molar-refractivity contribution in [3.05, 3.63) is 6.07 Å². The van der Waals surface area contributed by atoms with Crippen molar-refractivity contribution in [1.82, 2.24) is 9.97 Å². The highest BCUT2D eigenvalue weighted by Crippen LogP contribution is 2.31. The van der Waals surface area contributed by atoms with Crippen LogP contribution in [0.1, 0.15) is 39.5 Å². The summed E-state index contributed by atoms with van der Waals surface area (Å²) in [6.45, 7) is 5.23. The standard InChI is InChI=1S/C13H23N5/c1-3-7-15-11-8-12(18-13(14)17-11)16-9(2)10-5-4-6-10/h8-10H,3-7H2,1-2H3,(H4,14,15,16,17,18). The number of anilines is 3. The average molecular weight is 249 g/mol. The molecule has 0 aromatic carbocycles. The zero-order chi connectivity index (χ0) is 13.0. The Morgan fingerprint density at radius 3 is 2.72 bits per heavy atom. The number of nitrogens with one attached hydrogen (secondary N) is 2. The Labute approximate surface area is 109 Å². The van der Waals surface area contributed by atoms with E-state index < -0.39 is 0 Å². The molecule has 0 saturated heterocycles. The summed E-state index contributed by atoms with van der Waals surface area (Å²) in [5.74, 6) is 2.71. The molecule has 1 aliphatic rings. The molecule has 100 valence electrons. The van der Waals surface area contributed by atoms with Crippen LogP contribution >= 0.6 is 0 Å². The number of rotatable bonds is 6. The zero-order valence-electron chi connectivity index (χ0n) is 11.2. The molecule has 0 amide bonds. The quantitative estimate of drug-likeness (QED) is 0.722. The van der Waals surface area contributed by atoms with Gasteiger partial charge in [-0.25, -0.2) is 0 Å². The Balaban J connectivity index is 1.99. The van der Waals surface area contributed by atoms with E-state index in [2.05, 4.69) is 34.4 Å². The summed E-state index contributed by atoms with van der Waals surface area (Å²) < 4.78 is 0. The first-order valence-electron chi connectivity index (χ1n) is 6.84. The van der Waals surface area contributed by atoms with Crippen molar-refractivity contribution in [3.8, 4) is 0 Å². The number of nitrogen functional groups attached to an aromatic ring is 1. The van der Waals surface area contributed by atoms with Gasteiger partial charge in [0.05, 0.1) is 0 Å². The molecule has 5 nitrogen and oxygen atoms in total. The summed E-state index contributed by atoms with van der Waals surface area (Å²) in [5.41, 5.74) is 5.73. The van der Waals surface area contributed by atoms with Crippen molar-refractivity contribution < 1.29 is 0 Å². The van der Waals surface area contributed by atoms with Crippen molar-refractivity contribution in [2.24, 2.45) is 5.92 Å². The third-order valence-electron chi connectivity index (χ3n) is 3.53. The molecule has 18 heavy (non-hydrogen) atoms. The summed E-state index contributed by atoms with van der Waals surface area (Å²) in [6.07, 6.45) is 5.04. The number of aromatic nitrogens is 2. The third kappa shape index (κ3) is 3.24. The van der Waals surface area contributed by atoms with E-state index in [4.69, 9.17) is 5.73 Å². The highest BCUT2D eigenvalue weighted by atomic mass is 15.1. The zero-order valence-corrected chi connectivity index (χ0v) is 11.2. The van der Waals surface area contributed by atoms with Gasteiger partial charge in [0.25, 0.3) is 0 Å². The Hall–Kier alpha value is -1.52. The largest absolute Gasteiger partial charge is 0.370 e. The molecule has 4 N–H and O–H groups in total. The fourth-order valence-electron chi connectivity index (χ4n) is 2.17. The van der Waals surface area contributed by atoms with E-state index in [1.54, 1.807) is 0 Å². The third-order valence-corrected chi connectivity index (χ3v) is 3.53. The first-order chi connectivity index (χ1) is 8.69. The molecular weight excluding hydrogens is 226 g/mol. The minimum Gasteiger partial charge on any atom is -0.370 e. The van der Waals surface area contributed by atoms with Crippen LogP contribution in [0.15, 0.2) is 6.07 Å². The van der Waals surface area contributed by atoms with Crippen LogP contribution in [-0.4, -0.2) is 22.6 Å². The van der Waals surface area contributed by atoms with E-state index in [-0.39, 0.29) is 0 Å². The van der Waals surface area contributed by atoms with E-state index in [1.807, 2.05) is 6.07 Å². The van der Waals surface area contributed by atoms with Crippen LogP contribution in [0.4, 0.5) is 17.6 Å². The predicted molar refractivity (Wildman–Crippen MR) is 75.7 cm³/mol. The van der Waals surface area contributed by atoms with Gasteiger partial charge in [0.15, 0.2) is 0 Å². The van der Waals surface area contributed by atoms with Gasteiger partial charge >= 0.3 is 0 Å². The molecule has 0 bridgehead atoms. The van der Waals surface area contributed by atoms with Crippen molar-refractivity contribution in [1.29, 1.82) is 0 Å². The molecule has 1 atom stereocenters. The smallest absolute Gasteiger partial charge is 0.223 e.